The number of benzene rings is 3. The van der Waals surface area contributed by atoms with Gasteiger partial charge in [-0.05, 0) is 48.9 Å². The molecule has 0 aromatic heterocycles. The van der Waals surface area contributed by atoms with Crippen LogP contribution < -0.4 is 14.2 Å². The first-order valence-corrected chi connectivity index (χ1v) is 11.9. The molecule has 0 bridgehead atoms. The minimum absolute atomic E-state index is 0.121. The van der Waals surface area contributed by atoms with Gasteiger partial charge in [0.25, 0.3) is 11.8 Å². The van der Waals surface area contributed by atoms with E-state index in [0.29, 0.717) is 29.2 Å². The van der Waals surface area contributed by atoms with Gasteiger partial charge < -0.3 is 19.1 Å². The second-order valence-corrected chi connectivity index (χ2v) is 8.87. The lowest BCUT2D eigenvalue weighted by Crippen LogP contribution is -2.39. The summed E-state index contributed by atoms with van der Waals surface area (Å²) in [6.45, 7) is 1.90. The SMILES string of the molecule is COc1ccc(C(=O)N(C)CC(=O)N2N=C(c3ccc(OC)cc3OC)C[C@H]2c2ccc(C)cc2)cc1. The van der Waals surface area contributed by atoms with Crippen LogP contribution in [0.3, 0.4) is 0 Å². The lowest BCUT2D eigenvalue weighted by molar-refractivity contribution is -0.133. The molecule has 1 aliphatic rings. The van der Waals surface area contributed by atoms with Gasteiger partial charge in [0.05, 0.1) is 33.1 Å². The van der Waals surface area contributed by atoms with Gasteiger partial charge in [0.15, 0.2) is 0 Å². The van der Waals surface area contributed by atoms with E-state index in [2.05, 4.69) is 0 Å². The smallest absolute Gasteiger partial charge is 0.262 e. The molecule has 0 N–H and O–H groups in total. The number of aryl methyl sites for hydroxylation is 1. The summed E-state index contributed by atoms with van der Waals surface area (Å²) in [5.74, 6) is 1.40. The molecule has 0 unspecified atom stereocenters. The van der Waals surface area contributed by atoms with Gasteiger partial charge in [-0.25, -0.2) is 5.01 Å². The van der Waals surface area contributed by atoms with E-state index in [9.17, 15) is 9.59 Å². The van der Waals surface area contributed by atoms with Crippen molar-refractivity contribution in [3.63, 3.8) is 0 Å². The maximum Gasteiger partial charge on any atom is 0.262 e. The van der Waals surface area contributed by atoms with Crippen LogP contribution >= 0.6 is 0 Å². The van der Waals surface area contributed by atoms with E-state index in [4.69, 9.17) is 19.3 Å². The van der Waals surface area contributed by atoms with Gasteiger partial charge in [-0.1, -0.05) is 29.8 Å². The molecule has 0 saturated heterocycles. The molecule has 0 aliphatic carbocycles. The highest BCUT2D eigenvalue weighted by Gasteiger charge is 2.35. The van der Waals surface area contributed by atoms with Crippen molar-refractivity contribution < 1.29 is 23.8 Å². The molecular weight excluding hydrogens is 470 g/mol. The number of nitrogens with zero attached hydrogens (tertiary/aromatic N) is 3. The van der Waals surface area contributed by atoms with Crippen molar-refractivity contribution in [2.24, 2.45) is 5.10 Å². The molecule has 37 heavy (non-hydrogen) atoms. The van der Waals surface area contributed by atoms with Crippen molar-refractivity contribution in [3.05, 3.63) is 89.0 Å². The van der Waals surface area contributed by atoms with Crippen LogP contribution in [0.5, 0.6) is 17.2 Å². The second kappa shape index (κ2) is 11.2. The fourth-order valence-corrected chi connectivity index (χ4v) is 4.29. The van der Waals surface area contributed by atoms with E-state index in [1.807, 2.05) is 43.3 Å². The van der Waals surface area contributed by atoms with Gasteiger partial charge in [0.1, 0.15) is 23.8 Å². The van der Waals surface area contributed by atoms with E-state index >= 15 is 0 Å². The van der Waals surface area contributed by atoms with Gasteiger partial charge in [-0.3, -0.25) is 9.59 Å². The van der Waals surface area contributed by atoms with Crippen molar-refractivity contribution >= 4 is 17.5 Å². The molecule has 0 spiro atoms. The number of hydrogen-bond donors (Lipinski definition) is 0. The molecule has 8 heteroatoms. The van der Waals surface area contributed by atoms with Gasteiger partial charge >= 0.3 is 0 Å². The summed E-state index contributed by atoms with van der Waals surface area (Å²) in [6, 6.07) is 20.1. The first kappa shape index (κ1) is 25.8. The molecular formula is C29H31N3O5. The zero-order chi connectivity index (χ0) is 26.5. The van der Waals surface area contributed by atoms with Crippen molar-refractivity contribution in [2.45, 2.75) is 19.4 Å². The highest BCUT2D eigenvalue weighted by atomic mass is 16.5. The van der Waals surface area contributed by atoms with E-state index in [-0.39, 0.29) is 24.4 Å². The van der Waals surface area contributed by atoms with E-state index in [1.54, 1.807) is 58.7 Å². The number of rotatable bonds is 8. The highest BCUT2D eigenvalue weighted by Crippen LogP contribution is 2.36. The van der Waals surface area contributed by atoms with Crippen molar-refractivity contribution in [1.29, 1.82) is 0 Å². The standard InChI is InChI=1S/C29H31N3O5/c1-19-6-8-20(9-7-19)26-17-25(24-15-14-23(36-4)16-27(24)37-5)30-32(26)28(33)18-31(2)29(34)21-10-12-22(35-3)13-11-21/h6-16,26H,17-18H2,1-5H3/t26-/m0/s1. The maximum atomic E-state index is 13.5. The predicted octanol–water partition coefficient (Wildman–Crippen LogP) is 4.47. The van der Waals surface area contributed by atoms with Gasteiger partial charge in [-0.15, -0.1) is 0 Å². The minimum Gasteiger partial charge on any atom is -0.497 e. The number of carbonyl (C=O) groups excluding carboxylic acids is 2. The Bertz CT molecular complexity index is 1300. The molecule has 8 nitrogen and oxygen atoms in total. The summed E-state index contributed by atoms with van der Waals surface area (Å²) in [7, 11) is 6.37. The molecule has 1 aliphatic heterocycles. The first-order valence-electron chi connectivity index (χ1n) is 11.9. The number of carbonyl (C=O) groups is 2. The summed E-state index contributed by atoms with van der Waals surface area (Å²) in [6.07, 6.45) is 0.508. The zero-order valence-electron chi connectivity index (χ0n) is 21.7. The Kier molecular flexibility index (Phi) is 7.77. The lowest BCUT2D eigenvalue weighted by atomic mass is 9.97. The number of methoxy groups -OCH3 is 3. The molecule has 3 aromatic rings. The molecule has 0 fully saturated rings. The number of ether oxygens (including phenoxy) is 3. The zero-order valence-corrected chi connectivity index (χ0v) is 21.7. The fourth-order valence-electron chi connectivity index (χ4n) is 4.29. The maximum absolute atomic E-state index is 13.5. The Hall–Kier alpha value is -4.33. The molecule has 1 atom stereocenters. The topological polar surface area (TPSA) is 80.7 Å². The Morgan fingerprint density at radius 1 is 0.919 bits per heavy atom. The third-order valence-electron chi connectivity index (χ3n) is 6.40. The summed E-state index contributed by atoms with van der Waals surface area (Å²) in [5.41, 5.74) is 4.08. The molecule has 3 aromatic carbocycles. The van der Waals surface area contributed by atoms with Crippen LogP contribution in [0.4, 0.5) is 0 Å². The van der Waals surface area contributed by atoms with Gasteiger partial charge in [-0.2, -0.15) is 5.10 Å². The van der Waals surface area contributed by atoms with Crippen LogP contribution in [0.1, 0.15) is 39.5 Å². The second-order valence-electron chi connectivity index (χ2n) is 8.87. The third-order valence-corrected chi connectivity index (χ3v) is 6.40. The van der Waals surface area contributed by atoms with E-state index in [0.717, 1.165) is 22.4 Å². The molecule has 1 heterocycles. The van der Waals surface area contributed by atoms with Crippen molar-refractivity contribution in [3.8, 4) is 17.2 Å². The number of hydrazone groups is 1. The van der Waals surface area contributed by atoms with Gasteiger partial charge in [0, 0.05) is 30.7 Å². The Labute approximate surface area is 217 Å². The molecule has 0 saturated carbocycles. The van der Waals surface area contributed by atoms with Gasteiger partial charge in [0.2, 0.25) is 0 Å². The lowest BCUT2D eigenvalue weighted by Gasteiger charge is -2.25. The fraction of sp³-hybridized carbons (Fsp3) is 0.276. The minimum atomic E-state index is -0.306. The summed E-state index contributed by atoms with van der Waals surface area (Å²) in [5, 5.41) is 6.22. The van der Waals surface area contributed by atoms with Crippen LogP contribution in [-0.2, 0) is 4.79 Å². The average Bonchev–Trinajstić information content (AvgIpc) is 3.38. The van der Waals surface area contributed by atoms with Crippen LogP contribution in [-0.4, -0.2) is 62.4 Å². The quantitative estimate of drug-likeness (QED) is 0.455. The van der Waals surface area contributed by atoms with Crippen LogP contribution in [0.25, 0.3) is 0 Å². The number of hydrogen-bond acceptors (Lipinski definition) is 6. The van der Waals surface area contributed by atoms with Crippen LogP contribution in [0, 0.1) is 6.92 Å². The van der Waals surface area contributed by atoms with Crippen molar-refractivity contribution in [2.75, 3.05) is 34.9 Å². The molecule has 0 radical (unpaired) electrons. The van der Waals surface area contributed by atoms with Crippen LogP contribution in [0.2, 0.25) is 0 Å². The molecule has 4 rings (SSSR count). The normalized spacial score (nSPS) is 14.7. The average molecular weight is 502 g/mol. The first-order chi connectivity index (χ1) is 17.8. The summed E-state index contributed by atoms with van der Waals surface area (Å²) >= 11 is 0. The largest absolute Gasteiger partial charge is 0.497 e. The Morgan fingerprint density at radius 3 is 2.19 bits per heavy atom. The van der Waals surface area contributed by atoms with Crippen molar-refractivity contribution in [1.82, 2.24) is 9.91 Å². The molecule has 192 valence electrons. The molecule has 2 amide bonds. The van der Waals surface area contributed by atoms with E-state index in [1.165, 1.54) is 9.91 Å². The highest BCUT2D eigenvalue weighted by molar-refractivity contribution is 6.05. The Morgan fingerprint density at radius 2 is 1.57 bits per heavy atom. The van der Waals surface area contributed by atoms with E-state index < -0.39 is 0 Å². The number of likely N-dealkylation sites (N-methyl/N-ethyl adjacent to an activating group) is 1. The number of amides is 2. The third kappa shape index (κ3) is 5.58. The summed E-state index contributed by atoms with van der Waals surface area (Å²) in [4.78, 5) is 27.9. The Balaban J connectivity index is 1.61. The van der Waals surface area contributed by atoms with Crippen LogP contribution in [0.15, 0.2) is 71.8 Å². The monoisotopic (exact) mass is 501 g/mol. The summed E-state index contributed by atoms with van der Waals surface area (Å²) < 4.78 is 16.1. The predicted molar refractivity (Wildman–Crippen MR) is 141 cm³/mol.